The van der Waals surface area contributed by atoms with E-state index in [1.54, 1.807) is 6.20 Å². The molecule has 0 unspecified atom stereocenters. The summed E-state index contributed by atoms with van der Waals surface area (Å²) in [5.41, 5.74) is 6.76. The third-order valence-corrected chi connectivity index (χ3v) is 2.19. The second-order valence-electron chi connectivity index (χ2n) is 3.98. The summed E-state index contributed by atoms with van der Waals surface area (Å²) >= 11 is 0. The number of pyridine rings is 1. The Bertz CT molecular complexity index is 349. The standard InChI is InChI=1S/C11H17N3O/c1-7(2)10(12)11(15)14-9-6-8(3)4-5-13-9/h4-7,10H,12H2,1-3H3,(H,13,14,15)/t10-/m1/s1. The largest absolute Gasteiger partial charge is 0.320 e. The molecule has 1 rings (SSSR count). The molecule has 1 heterocycles. The fourth-order valence-corrected chi connectivity index (χ4v) is 1.12. The van der Waals surface area contributed by atoms with E-state index in [2.05, 4.69) is 10.3 Å². The molecule has 0 spiro atoms. The molecule has 0 saturated carbocycles. The zero-order valence-corrected chi connectivity index (χ0v) is 9.32. The lowest BCUT2D eigenvalue weighted by Gasteiger charge is -2.14. The summed E-state index contributed by atoms with van der Waals surface area (Å²) in [6.07, 6.45) is 1.66. The average molecular weight is 207 g/mol. The molecule has 0 radical (unpaired) electrons. The first-order valence-corrected chi connectivity index (χ1v) is 5.00. The summed E-state index contributed by atoms with van der Waals surface area (Å²) < 4.78 is 0. The van der Waals surface area contributed by atoms with E-state index >= 15 is 0 Å². The van der Waals surface area contributed by atoms with Gasteiger partial charge in [0.1, 0.15) is 5.82 Å². The SMILES string of the molecule is Cc1ccnc(NC(=O)[C@H](N)C(C)C)c1. The van der Waals surface area contributed by atoms with E-state index < -0.39 is 6.04 Å². The van der Waals surface area contributed by atoms with Gasteiger partial charge in [0.25, 0.3) is 0 Å². The van der Waals surface area contributed by atoms with E-state index in [-0.39, 0.29) is 11.8 Å². The van der Waals surface area contributed by atoms with Crippen LogP contribution >= 0.6 is 0 Å². The summed E-state index contributed by atoms with van der Waals surface area (Å²) in [6.45, 7) is 5.77. The van der Waals surface area contributed by atoms with Gasteiger partial charge in [0.05, 0.1) is 6.04 Å². The molecule has 0 fully saturated rings. The maximum atomic E-state index is 11.6. The number of hydrogen-bond acceptors (Lipinski definition) is 3. The average Bonchev–Trinajstić information content (AvgIpc) is 2.16. The molecule has 0 aliphatic carbocycles. The van der Waals surface area contributed by atoms with Crippen molar-refractivity contribution in [3.63, 3.8) is 0 Å². The molecule has 0 saturated heterocycles. The third-order valence-electron chi connectivity index (χ3n) is 2.19. The Morgan fingerprint density at radius 3 is 2.73 bits per heavy atom. The van der Waals surface area contributed by atoms with Crippen LogP contribution in [0.15, 0.2) is 18.3 Å². The van der Waals surface area contributed by atoms with Crippen molar-refractivity contribution in [3.05, 3.63) is 23.9 Å². The molecular weight excluding hydrogens is 190 g/mol. The first-order valence-electron chi connectivity index (χ1n) is 5.00. The Hall–Kier alpha value is -1.42. The quantitative estimate of drug-likeness (QED) is 0.785. The second-order valence-corrected chi connectivity index (χ2v) is 3.98. The van der Waals surface area contributed by atoms with Crippen LogP contribution < -0.4 is 11.1 Å². The van der Waals surface area contributed by atoms with E-state index in [9.17, 15) is 4.79 Å². The van der Waals surface area contributed by atoms with Gasteiger partial charge in [0, 0.05) is 6.20 Å². The Balaban J connectivity index is 2.66. The molecule has 1 aromatic rings. The molecule has 0 aliphatic rings. The summed E-state index contributed by atoms with van der Waals surface area (Å²) in [6, 6.07) is 3.19. The minimum atomic E-state index is -0.493. The van der Waals surface area contributed by atoms with Crippen molar-refractivity contribution in [2.45, 2.75) is 26.8 Å². The lowest BCUT2D eigenvalue weighted by molar-refractivity contribution is -0.118. The molecule has 1 atom stereocenters. The molecule has 4 heteroatoms. The van der Waals surface area contributed by atoms with Crippen LogP contribution in [0, 0.1) is 12.8 Å². The van der Waals surface area contributed by atoms with Crippen molar-refractivity contribution in [2.75, 3.05) is 5.32 Å². The molecule has 82 valence electrons. The van der Waals surface area contributed by atoms with Gasteiger partial charge in [-0.25, -0.2) is 4.98 Å². The van der Waals surface area contributed by atoms with Crippen molar-refractivity contribution in [2.24, 2.45) is 11.7 Å². The van der Waals surface area contributed by atoms with Crippen molar-refractivity contribution >= 4 is 11.7 Å². The van der Waals surface area contributed by atoms with Gasteiger partial charge in [-0.15, -0.1) is 0 Å². The third kappa shape index (κ3) is 3.32. The van der Waals surface area contributed by atoms with Gasteiger partial charge in [-0.05, 0) is 30.5 Å². The zero-order valence-electron chi connectivity index (χ0n) is 9.32. The van der Waals surface area contributed by atoms with Crippen molar-refractivity contribution in [1.82, 2.24) is 4.98 Å². The molecule has 1 amide bonds. The van der Waals surface area contributed by atoms with Crippen LogP contribution in [0.2, 0.25) is 0 Å². The zero-order chi connectivity index (χ0) is 11.4. The number of nitrogens with two attached hydrogens (primary N) is 1. The highest BCUT2D eigenvalue weighted by Gasteiger charge is 2.17. The van der Waals surface area contributed by atoms with Crippen LogP contribution in [0.25, 0.3) is 0 Å². The monoisotopic (exact) mass is 207 g/mol. The molecule has 15 heavy (non-hydrogen) atoms. The fourth-order valence-electron chi connectivity index (χ4n) is 1.12. The van der Waals surface area contributed by atoms with E-state index in [4.69, 9.17) is 5.73 Å². The molecular formula is C11H17N3O. The molecule has 0 aromatic carbocycles. The van der Waals surface area contributed by atoms with E-state index in [1.807, 2.05) is 32.9 Å². The minimum Gasteiger partial charge on any atom is -0.320 e. The van der Waals surface area contributed by atoms with Gasteiger partial charge in [0.2, 0.25) is 5.91 Å². The van der Waals surface area contributed by atoms with Crippen molar-refractivity contribution in [3.8, 4) is 0 Å². The van der Waals surface area contributed by atoms with Crippen LogP contribution in [-0.4, -0.2) is 16.9 Å². The molecule has 0 bridgehead atoms. The van der Waals surface area contributed by atoms with Crippen LogP contribution in [-0.2, 0) is 4.79 Å². The van der Waals surface area contributed by atoms with Gasteiger partial charge in [-0.1, -0.05) is 13.8 Å². The minimum absolute atomic E-state index is 0.120. The highest BCUT2D eigenvalue weighted by Crippen LogP contribution is 2.07. The summed E-state index contributed by atoms with van der Waals surface area (Å²) in [7, 11) is 0. The smallest absolute Gasteiger partial charge is 0.242 e. The van der Waals surface area contributed by atoms with Gasteiger partial charge in [-0.3, -0.25) is 4.79 Å². The van der Waals surface area contributed by atoms with Crippen LogP contribution in [0.4, 0.5) is 5.82 Å². The van der Waals surface area contributed by atoms with Gasteiger partial charge < -0.3 is 11.1 Å². The first kappa shape index (κ1) is 11.7. The Morgan fingerprint density at radius 1 is 1.53 bits per heavy atom. The lowest BCUT2D eigenvalue weighted by atomic mass is 10.1. The summed E-state index contributed by atoms with van der Waals surface area (Å²) in [5.74, 6) is 0.481. The van der Waals surface area contributed by atoms with Crippen molar-refractivity contribution in [1.29, 1.82) is 0 Å². The number of amides is 1. The predicted molar refractivity (Wildman–Crippen MR) is 60.4 cm³/mol. The molecule has 3 N–H and O–H groups in total. The Morgan fingerprint density at radius 2 is 2.20 bits per heavy atom. The maximum Gasteiger partial charge on any atom is 0.242 e. The highest BCUT2D eigenvalue weighted by molar-refractivity contribution is 5.94. The second kappa shape index (κ2) is 4.89. The van der Waals surface area contributed by atoms with E-state index in [0.29, 0.717) is 5.82 Å². The van der Waals surface area contributed by atoms with Gasteiger partial charge >= 0.3 is 0 Å². The van der Waals surface area contributed by atoms with Crippen LogP contribution in [0.5, 0.6) is 0 Å². The first-order chi connectivity index (χ1) is 7.00. The predicted octanol–water partition coefficient (Wildman–Crippen LogP) is 1.31. The van der Waals surface area contributed by atoms with Crippen molar-refractivity contribution < 1.29 is 4.79 Å². The molecule has 1 aromatic heterocycles. The summed E-state index contributed by atoms with van der Waals surface area (Å²) in [4.78, 5) is 15.6. The lowest BCUT2D eigenvalue weighted by Crippen LogP contribution is -2.39. The number of nitrogens with zero attached hydrogens (tertiary/aromatic N) is 1. The number of carbonyl (C=O) groups excluding carboxylic acids is 1. The van der Waals surface area contributed by atoms with Gasteiger partial charge in [-0.2, -0.15) is 0 Å². The van der Waals surface area contributed by atoms with Crippen LogP contribution in [0.1, 0.15) is 19.4 Å². The number of nitrogens with one attached hydrogen (secondary N) is 1. The molecule has 4 nitrogen and oxygen atoms in total. The number of anilines is 1. The number of aryl methyl sites for hydroxylation is 1. The number of aromatic nitrogens is 1. The van der Waals surface area contributed by atoms with Gasteiger partial charge in [0.15, 0.2) is 0 Å². The van der Waals surface area contributed by atoms with Crippen LogP contribution in [0.3, 0.4) is 0 Å². The number of hydrogen-bond donors (Lipinski definition) is 2. The highest BCUT2D eigenvalue weighted by atomic mass is 16.2. The van der Waals surface area contributed by atoms with E-state index in [1.165, 1.54) is 0 Å². The van der Waals surface area contributed by atoms with E-state index in [0.717, 1.165) is 5.56 Å². The molecule has 0 aliphatic heterocycles. The summed E-state index contributed by atoms with van der Waals surface area (Å²) in [5, 5.41) is 2.69. The fraction of sp³-hybridized carbons (Fsp3) is 0.455. The Kier molecular flexibility index (Phi) is 3.80. The Labute approximate surface area is 89.9 Å². The number of rotatable bonds is 3. The normalized spacial score (nSPS) is 12.6. The number of carbonyl (C=O) groups is 1. The maximum absolute atomic E-state index is 11.6. The topological polar surface area (TPSA) is 68.0 Å².